The van der Waals surface area contributed by atoms with E-state index in [2.05, 4.69) is 4.74 Å². The molecular weight excluding hydrogens is 286 g/mol. The number of pyridine rings is 1. The van der Waals surface area contributed by atoms with Gasteiger partial charge in [0.05, 0.1) is 12.7 Å². The van der Waals surface area contributed by atoms with Gasteiger partial charge in [-0.3, -0.25) is 9.59 Å². The predicted octanol–water partition coefficient (Wildman–Crippen LogP) is 1.38. The van der Waals surface area contributed by atoms with Crippen LogP contribution in [0.1, 0.15) is 15.9 Å². The molecule has 0 unspecified atom stereocenters. The highest BCUT2D eigenvalue weighted by atomic mass is 16.5. The smallest absolute Gasteiger partial charge is 0.337 e. The fourth-order valence-electron chi connectivity index (χ4n) is 1.79. The summed E-state index contributed by atoms with van der Waals surface area (Å²) in [6.45, 7) is -0.0677. The van der Waals surface area contributed by atoms with E-state index in [1.165, 1.54) is 23.9 Å². The summed E-state index contributed by atoms with van der Waals surface area (Å²) in [5.74, 6) is -0.933. The molecule has 0 fully saturated rings. The number of esters is 2. The van der Waals surface area contributed by atoms with Crippen molar-refractivity contribution >= 4 is 11.9 Å². The third kappa shape index (κ3) is 4.05. The molecule has 2 rings (SSSR count). The van der Waals surface area contributed by atoms with Crippen LogP contribution in [0.3, 0.4) is 0 Å². The van der Waals surface area contributed by atoms with Crippen molar-refractivity contribution in [2.45, 2.75) is 13.2 Å². The van der Waals surface area contributed by atoms with Crippen molar-refractivity contribution in [3.8, 4) is 0 Å². The van der Waals surface area contributed by atoms with E-state index < -0.39 is 11.9 Å². The number of nitrogens with zero attached hydrogens (tertiary/aromatic N) is 1. The highest BCUT2D eigenvalue weighted by molar-refractivity contribution is 5.89. The number of rotatable bonds is 5. The third-order valence-corrected chi connectivity index (χ3v) is 2.97. The Morgan fingerprint density at radius 3 is 2.45 bits per heavy atom. The highest BCUT2D eigenvalue weighted by Crippen LogP contribution is 2.07. The molecule has 0 N–H and O–H groups in total. The monoisotopic (exact) mass is 301 g/mol. The molecule has 0 aliphatic heterocycles. The van der Waals surface area contributed by atoms with Gasteiger partial charge in [-0.2, -0.15) is 0 Å². The van der Waals surface area contributed by atoms with E-state index in [0.29, 0.717) is 5.56 Å². The lowest BCUT2D eigenvalue weighted by Gasteiger charge is -2.07. The maximum Gasteiger partial charge on any atom is 0.337 e. The van der Waals surface area contributed by atoms with Crippen LogP contribution in [0.15, 0.2) is 53.5 Å². The second-order valence-corrected chi connectivity index (χ2v) is 4.52. The van der Waals surface area contributed by atoms with Crippen LogP contribution in [0, 0.1) is 0 Å². The first-order valence-corrected chi connectivity index (χ1v) is 6.58. The van der Waals surface area contributed by atoms with Gasteiger partial charge in [0.1, 0.15) is 13.2 Å². The number of methoxy groups -OCH3 is 1. The number of aromatic nitrogens is 1. The molecule has 22 heavy (non-hydrogen) atoms. The van der Waals surface area contributed by atoms with Crippen molar-refractivity contribution in [2.24, 2.45) is 0 Å². The molecule has 6 heteroatoms. The number of carbonyl (C=O) groups is 2. The molecule has 0 aliphatic rings. The van der Waals surface area contributed by atoms with Crippen molar-refractivity contribution < 1.29 is 19.1 Å². The van der Waals surface area contributed by atoms with Crippen molar-refractivity contribution in [2.75, 3.05) is 7.11 Å². The van der Waals surface area contributed by atoms with E-state index in [0.717, 1.165) is 5.56 Å². The average molecular weight is 301 g/mol. The molecular formula is C16H15NO5. The summed E-state index contributed by atoms with van der Waals surface area (Å²) in [7, 11) is 1.31. The van der Waals surface area contributed by atoms with Gasteiger partial charge in [0, 0.05) is 12.3 Å². The van der Waals surface area contributed by atoms with Crippen LogP contribution in [0.2, 0.25) is 0 Å². The van der Waals surface area contributed by atoms with Gasteiger partial charge in [0.15, 0.2) is 0 Å². The lowest BCUT2D eigenvalue weighted by Crippen LogP contribution is -2.23. The fourth-order valence-corrected chi connectivity index (χ4v) is 1.79. The van der Waals surface area contributed by atoms with Gasteiger partial charge < -0.3 is 14.0 Å². The number of carbonyl (C=O) groups excluding carboxylic acids is 2. The maximum atomic E-state index is 11.7. The van der Waals surface area contributed by atoms with E-state index in [1.807, 2.05) is 0 Å². The van der Waals surface area contributed by atoms with E-state index in [9.17, 15) is 14.4 Å². The first-order chi connectivity index (χ1) is 10.6. The molecule has 0 bridgehead atoms. The molecule has 1 heterocycles. The van der Waals surface area contributed by atoms with Crippen LogP contribution >= 0.6 is 0 Å². The molecule has 0 amide bonds. The standard InChI is InChI=1S/C16H15NO5/c1-21-16(20)13-7-5-12(6-8-13)11-22-15(19)10-17-9-3-2-4-14(17)18/h2-9H,10-11H2,1H3. The topological polar surface area (TPSA) is 74.6 Å². The van der Waals surface area contributed by atoms with E-state index in [-0.39, 0.29) is 18.7 Å². The Labute approximate surface area is 126 Å². The largest absolute Gasteiger partial charge is 0.465 e. The minimum atomic E-state index is -0.509. The molecule has 1 aromatic heterocycles. The zero-order valence-electron chi connectivity index (χ0n) is 12.0. The van der Waals surface area contributed by atoms with E-state index >= 15 is 0 Å². The first kappa shape index (κ1) is 15.5. The lowest BCUT2D eigenvalue weighted by atomic mass is 10.1. The number of benzene rings is 1. The molecule has 0 radical (unpaired) electrons. The molecule has 1 aromatic carbocycles. The van der Waals surface area contributed by atoms with Crippen LogP contribution in [0.4, 0.5) is 0 Å². The van der Waals surface area contributed by atoms with Crippen molar-refractivity contribution in [3.63, 3.8) is 0 Å². The van der Waals surface area contributed by atoms with Gasteiger partial charge >= 0.3 is 11.9 Å². The maximum absolute atomic E-state index is 11.7. The normalized spacial score (nSPS) is 10.0. The van der Waals surface area contributed by atoms with E-state index in [4.69, 9.17) is 4.74 Å². The number of hydrogen-bond acceptors (Lipinski definition) is 5. The third-order valence-electron chi connectivity index (χ3n) is 2.97. The molecule has 0 atom stereocenters. The molecule has 0 saturated carbocycles. The Morgan fingerprint density at radius 2 is 1.82 bits per heavy atom. The van der Waals surface area contributed by atoms with Crippen LogP contribution in [-0.4, -0.2) is 23.6 Å². The summed E-state index contributed by atoms with van der Waals surface area (Å²) < 4.78 is 11.0. The summed E-state index contributed by atoms with van der Waals surface area (Å²) >= 11 is 0. The van der Waals surface area contributed by atoms with Gasteiger partial charge in [-0.05, 0) is 23.8 Å². The summed E-state index contributed by atoms with van der Waals surface area (Å²) in [5.41, 5.74) is 0.900. The second-order valence-electron chi connectivity index (χ2n) is 4.52. The van der Waals surface area contributed by atoms with Crippen molar-refractivity contribution in [1.29, 1.82) is 0 Å². The summed E-state index contributed by atoms with van der Waals surface area (Å²) in [5, 5.41) is 0. The second kappa shape index (κ2) is 7.21. The average Bonchev–Trinajstić information content (AvgIpc) is 2.55. The van der Waals surface area contributed by atoms with Crippen LogP contribution in [-0.2, 0) is 27.4 Å². The zero-order chi connectivity index (χ0) is 15.9. The van der Waals surface area contributed by atoms with Gasteiger partial charge in [-0.15, -0.1) is 0 Å². The van der Waals surface area contributed by atoms with Crippen LogP contribution in [0.5, 0.6) is 0 Å². The summed E-state index contributed by atoms with van der Waals surface area (Å²) in [6.07, 6.45) is 1.52. The minimum Gasteiger partial charge on any atom is -0.465 e. The van der Waals surface area contributed by atoms with Crippen molar-refractivity contribution in [1.82, 2.24) is 4.57 Å². The van der Waals surface area contributed by atoms with Crippen LogP contribution in [0.25, 0.3) is 0 Å². The zero-order valence-corrected chi connectivity index (χ0v) is 12.0. The predicted molar refractivity (Wildman–Crippen MR) is 78.3 cm³/mol. The Morgan fingerprint density at radius 1 is 1.09 bits per heavy atom. The summed E-state index contributed by atoms with van der Waals surface area (Å²) in [4.78, 5) is 34.5. The number of ether oxygens (including phenoxy) is 2. The Bertz CT molecular complexity index is 718. The molecule has 6 nitrogen and oxygen atoms in total. The van der Waals surface area contributed by atoms with Gasteiger partial charge in [0.2, 0.25) is 0 Å². The Hall–Kier alpha value is -2.89. The van der Waals surface area contributed by atoms with Crippen LogP contribution < -0.4 is 5.56 Å². The molecule has 114 valence electrons. The SMILES string of the molecule is COC(=O)c1ccc(COC(=O)Cn2ccccc2=O)cc1. The van der Waals surface area contributed by atoms with E-state index in [1.54, 1.807) is 36.4 Å². The fraction of sp³-hybridized carbons (Fsp3) is 0.188. The molecule has 0 spiro atoms. The number of hydrogen-bond donors (Lipinski definition) is 0. The Balaban J connectivity index is 1.90. The van der Waals surface area contributed by atoms with Gasteiger partial charge in [0.25, 0.3) is 5.56 Å². The first-order valence-electron chi connectivity index (χ1n) is 6.58. The molecule has 0 aliphatic carbocycles. The highest BCUT2D eigenvalue weighted by Gasteiger charge is 2.07. The molecule has 0 saturated heterocycles. The Kier molecular flexibility index (Phi) is 5.08. The lowest BCUT2D eigenvalue weighted by molar-refractivity contribution is -0.145. The molecule has 2 aromatic rings. The minimum absolute atomic E-state index is 0.0713. The van der Waals surface area contributed by atoms with Gasteiger partial charge in [-0.25, -0.2) is 4.79 Å². The van der Waals surface area contributed by atoms with Gasteiger partial charge in [-0.1, -0.05) is 18.2 Å². The quantitative estimate of drug-likeness (QED) is 0.780. The summed E-state index contributed by atoms with van der Waals surface area (Å²) in [6, 6.07) is 11.2. The van der Waals surface area contributed by atoms with Crippen molar-refractivity contribution in [3.05, 3.63) is 70.1 Å².